The Labute approximate surface area is 98.4 Å². The van der Waals surface area contributed by atoms with Gasteiger partial charge in [-0.2, -0.15) is 0 Å². The van der Waals surface area contributed by atoms with Gasteiger partial charge in [0.2, 0.25) is 0 Å². The molecule has 0 aliphatic rings. The maximum Gasteiger partial charge on any atom is 0.308 e. The second kappa shape index (κ2) is 8.53. The second-order valence-electron chi connectivity index (χ2n) is 4.37. The topological polar surface area (TPSA) is 58.6 Å². The number of methoxy groups -OCH3 is 1. The summed E-state index contributed by atoms with van der Waals surface area (Å²) in [5, 5.41) is 12.7. The highest BCUT2D eigenvalue weighted by molar-refractivity contribution is 5.71. The van der Waals surface area contributed by atoms with Gasteiger partial charge in [0, 0.05) is 6.04 Å². The molecular formula is C12H25NO3. The van der Waals surface area contributed by atoms with E-state index in [1.54, 1.807) is 0 Å². The van der Waals surface area contributed by atoms with Gasteiger partial charge in [0.1, 0.15) is 0 Å². The number of ether oxygens (including phenoxy) is 1. The Morgan fingerprint density at radius 3 is 2.56 bits per heavy atom. The quantitative estimate of drug-likeness (QED) is 0.619. The summed E-state index contributed by atoms with van der Waals surface area (Å²) in [7, 11) is 1.41. The van der Waals surface area contributed by atoms with Crippen molar-refractivity contribution in [1.29, 1.82) is 0 Å². The van der Waals surface area contributed by atoms with Crippen LogP contribution >= 0.6 is 0 Å². The van der Waals surface area contributed by atoms with Crippen molar-refractivity contribution in [3.63, 3.8) is 0 Å². The number of aliphatic hydroxyl groups excluding tert-OH is 1. The number of carbonyl (C=O) groups is 1. The van der Waals surface area contributed by atoms with E-state index in [1.807, 2.05) is 20.8 Å². The average Bonchev–Trinajstić information content (AvgIpc) is 2.27. The van der Waals surface area contributed by atoms with Gasteiger partial charge in [-0.3, -0.25) is 4.79 Å². The van der Waals surface area contributed by atoms with Crippen molar-refractivity contribution >= 4 is 5.97 Å². The van der Waals surface area contributed by atoms with Crippen LogP contribution in [-0.4, -0.2) is 36.9 Å². The Balaban J connectivity index is 3.65. The third-order valence-corrected chi connectivity index (χ3v) is 2.75. The minimum absolute atomic E-state index is 0.0800. The van der Waals surface area contributed by atoms with Crippen LogP contribution in [0.4, 0.5) is 0 Å². The molecule has 0 saturated heterocycles. The molecule has 3 unspecified atom stereocenters. The van der Waals surface area contributed by atoms with Crippen LogP contribution < -0.4 is 5.32 Å². The zero-order chi connectivity index (χ0) is 12.6. The van der Waals surface area contributed by atoms with E-state index >= 15 is 0 Å². The lowest BCUT2D eigenvalue weighted by Gasteiger charge is -2.18. The lowest BCUT2D eigenvalue weighted by molar-refractivity contribution is -0.145. The van der Waals surface area contributed by atoms with Crippen molar-refractivity contribution in [2.45, 2.75) is 52.2 Å². The molecule has 16 heavy (non-hydrogen) atoms. The van der Waals surface area contributed by atoms with E-state index in [0.717, 1.165) is 25.8 Å². The van der Waals surface area contributed by atoms with Crippen LogP contribution in [0.3, 0.4) is 0 Å². The van der Waals surface area contributed by atoms with Crippen molar-refractivity contribution in [2.75, 3.05) is 13.7 Å². The fourth-order valence-corrected chi connectivity index (χ4v) is 1.61. The van der Waals surface area contributed by atoms with Crippen molar-refractivity contribution in [1.82, 2.24) is 5.32 Å². The van der Waals surface area contributed by atoms with Crippen LogP contribution in [0, 0.1) is 5.92 Å². The minimum atomic E-state index is -0.224. The van der Waals surface area contributed by atoms with Crippen LogP contribution in [0.15, 0.2) is 0 Å². The second-order valence-corrected chi connectivity index (χ2v) is 4.37. The molecule has 0 heterocycles. The highest BCUT2D eigenvalue weighted by atomic mass is 16.5. The monoisotopic (exact) mass is 231 g/mol. The fraction of sp³-hybridized carbons (Fsp3) is 0.917. The van der Waals surface area contributed by atoms with Gasteiger partial charge in [0.25, 0.3) is 0 Å². The molecule has 0 bridgehead atoms. The zero-order valence-corrected chi connectivity index (χ0v) is 10.8. The van der Waals surface area contributed by atoms with Crippen molar-refractivity contribution in [2.24, 2.45) is 5.92 Å². The Hall–Kier alpha value is -0.610. The van der Waals surface area contributed by atoms with Crippen LogP contribution in [0.1, 0.15) is 40.0 Å². The Morgan fingerprint density at radius 2 is 2.06 bits per heavy atom. The summed E-state index contributed by atoms with van der Waals surface area (Å²) in [4.78, 5) is 11.2. The molecule has 0 aromatic heterocycles. The minimum Gasteiger partial charge on any atom is -0.469 e. The standard InChI is InChI=1S/C12H25NO3/c1-5-11(14)6-7-13-10(3)8-9(2)12(15)16-4/h9-11,13-14H,5-8H2,1-4H3. The summed E-state index contributed by atoms with van der Waals surface area (Å²) in [6.07, 6.45) is 2.08. The first-order valence-electron chi connectivity index (χ1n) is 6.00. The molecule has 0 rings (SSSR count). The van der Waals surface area contributed by atoms with Crippen LogP contribution in [-0.2, 0) is 9.53 Å². The highest BCUT2D eigenvalue weighted by Gasteiger charge is 2.16. The largest absolute Gasteiger partial charge is 0.469 e. The fourth-order valence-electron chi connectivity index (χ4n) is 1.61. The lowest BCUT2D eigenvalue weighted by Crippen LogP contribution is -2.32. The van der Waals surface area contributed by atoms with Gasteiger partial charge in [-0.05, 0) is 32.7 Å². The van der Waals surface area contributed by atoms with E-state index in [2.05, 4.69) is 10.1 Å². The van der Waals surface area contributed by atoms with Crippen molar-refractivity contribution in [3.05, 3.63) is 0 Å². The summed E-state index contributed by atoms with van der Waals surface area (Å²) < 4.78 is 4.67. The highest BCUT2D eigenvalue weighted by Crippen LogP contribution is 2.07. The first-order chi connectivity index (χ1) is 7.51. The molecule has 4 heteroatoms. The summed E-state index contributed by atoms with van der Waals surface area (Å²) in [6, 6.07) is 0.262. The number of nitrogens with one attached hydrogen (secondary N) is 1. The van der Waals surface area contributed by atoms with E-state index in [-0.39, 0.29) is 24.0 Å². The molecule has 96 valence electrons. The first kappa shape index (κ1) is 15.4. The molecular weight excluding hydrogens is 206 g/mol. The predicted molar refractivity (Wildman–Crippen MR) is 64.2 cm³/mol. The number of hydrogen-bond acceptors (Lipinski definition) is 4. The molecule has 4 nitrogen and oxygen atoms in total. The number of hydrogen-bond donors (Lipinski definition) is 2. The molecule has 0 aliphatic carbocycles. The van der Waals surface area contributed by atoms with Gasteiger partial charge in [0.05, 0.1) is 19.1 Å². The van der Waals surface area contributed by atoms with Gasteiger partial charge in [-0.25, -0.2) is 0 Å². The van der Waals surface area contributed by atoms with Crippen LogP contribution in [0.5, 0.6) is 0 Å². The van der Waals surface area contributed by atoms with E-state index < -0.39 is 0 Å². The van der Waals surface area contributed by atoms with Crippen molar-refractivity contribution < 1.29 is 14.6 Å². The molecule has 0 radical (unpaired) electrons. The Bertz CT molecular complexity index is 197. The molecule has 0 aromatic rings. The molecule has 2 N–H and O–H groups in total. The maximum absolute atomic E-state index is 11.2. The number of rotatable bonds is 8. The SMILES string of the molecule is CCC(O)CCNC(C)CC(C)C(=O)OC. The third-order valence-electron chi connectivity index (χ3n) is 2.75. The van der Waals surface area contributed by atoms with Gasteiger partial charge in [0.15, 0.2) is 0 Å². The summed E-state index contributed by atoms with van der Waals surface area (Å²) >= 11 is 0. The van der Waals surface area contributed by atoms with E-state index in [1.165, 1.54) is 7.11 Å². The molecule has 0 amide bonds. The zero-order valence-electron chi connectivity index (χ0n) is 10.8. The maximum atomic E-state index is 11.2. The van der Waals surface area contributed by atoms with Crippen LogP contribution in [0.2, 0.25) is 0 Å². The van der Waals surface area contributed by atoms with E-state index in [9.17, 15) is 9.90 Å². The van der Waals surface area contributed by atoms with Gasteiger partial charge in [-0.1, -0.05) is 13.8 Å². The van der Waals surface area contributed by atoms with E-state index in [4.69, 9.17) is 0 Å². The molecule has 0 fully saturated rings. The summed E-state index contributed by atoms with van der Waals surface area (Å²) in [6.45, 7) is 6.65. The predicted octanol–water partition coefficient (Wildman–Crippen LogP) is 1.32. The molecule has 0 saturated carbocycles. The third kappa shape index (κ3) is 6.80. The Morgan fingerprint density at radius 1 is 1.44 bits per heavy atom. The Kier molecular flexibility index (Phi) is 8.21. The number of esters is 1. The summed E-state index contributed by atoms with van der Waals surface area (Å²) in [5.74, 6) is -0.245. The van der Waals surface area contributed by atoms with Gasteiger partial charge in [-0.15, -0.1) is 0 Å². The van der Waals surface area contributed by atoms with Gasteiger partial charge >= 0.3 is 5.97 Å². The first-order valence-corrected chi connectivity index (χ1v) is 6.00. The molecule has 0 spiro atoms. The van der Waals surface area contributed by atoms with E-state index in [0.29, 0.717) is 0 Å². The lowest BCUT2D eigenvalue weighted by atomic mass is 10.0. The molecule has 3 atom stereocenters. The van der Waals surface area contributed by atoms with Gasteiger partial charge < -0.3 is 15.2 Å². The van der Waals surface area contributed by atoms with Crippen molar-refractivity contribution in [3.8, 4) is 0 Å². The van der Waals surface area contributed by atoms with Crippen LogP contribution in [0.25, 0.3) is 0 Å². The molecule has 0 aliphatic heterocycles. The number of aliphatic hydroxyl groups is 1. The average molecular weight is 231 g/mol. The summed E-state index contributed by atoms with van der Waals surface area (Å²) in [5.41, 5.74) is 0. The smallest absolute Gasteiger partial charge is 0.308 e. The normalized spacial score (nSPS) is 16.6. The molecule has 0 aromatic carbocycles. The number of carbonyl (C=O) groups excluding carboxylic acids is 1.